The van der Waals surface area contributed by atoms with E-state index in [1.807, 2.05) is 0 Å². The molecule has 33 heavy (non-hydrogen) atoms. The van der Waals surface area contributed by atoms with Crippen molar-refractivity contribution < 1.29 is 39.6 Å². The highest BCUT2D eigenvalue weighted by Crippen LogP contribution is 2.45. The number of aliphatic hydroxyl groups excluding tert-OH is 4. The lowest BCUT2D eigenvalue weighted by Crippen LogP contribution is -2.72. The van der Waals surface area contributed by atoms with Crippen LogP contribution in [0.1, 0.15) is 55.4 Å². The Balaban J connectivity index is 7.60. The lowest BCUT2D eigenvalue weighted by atomic mass is 9.60. The summed E-state index contributed by atoms with van der Waals surface area (Å²) in [6.45, 7) is 11.5. The van der Waals surface area contributed by atoms with E-state index >= 15 is 0 Å². The standard InChI is InChI=1S/C21H32I4O8/c1-17(2,22)9(26)13(30)21(14(31)10(27)18(3,4)23,15(32)11(28)19(5,6)24)16(33)12(29)20(7,8)25/h13-16,30-33H,1-8H3. The maximum Gasteiger partial charge on any atom is 0.177 e. The van der Waals surface area contributed by atoms with E-state index in [0.717, 1.165) is 0 Å². The topological polar surface area (TPSA) is 149 Å². The number of hydrogen-bond acceptors (Lipinski definition) is 8. The molecule has 8 nitrogen and oxygen atoms in total. The lowest BCUT2D eigenvalue weighted by molar-refractivity contribution is -0.201. The molecule has 0 saturated heterocycles. The zero-order valence-electron chi connectivity index (χ0n) is 19.7. The summed E-state index contributed by atoms with van der Waals surface area (Å²) in [5.74, 6) is -3.90. The highest BCUT2D eigenvalue weighted by atomic mass is 127. The summed E-state index contributed by atoms with van der Waals surface area (Å²) in [6, 6.07) is 0. The van der Waals surface area contributed by atoms with Gasteiger partial charge >= 0.3 is 0 Å². The Morgan fingerprint density at radius 1 is 0.455 bits per heavy atom. The fraction of sp³-hybridized carbons (Fsp3) is 0.810. The van der Waals surface area contributed by atoms with Gasteiger partial charge in [-0.05, 0) is 55.4 Å². The second-order valence-corrected chi connectivity index (χ2v) is 20.7. The monoisotopic (exact) mass is 920 g/mol. The van der Waals surface area contributed by atoms with Crippen LogP contribution in [0.25, 0.3) is 0 Å². The smallest absolute Gasteiger partial charge is 0.177 e. The molecule has 4 N–H and O–H groups in total. The van der Waals surface area contributed by atoms with Crippen LogP contribution in [0.4, 0.5) is 0 Å². The number of alkyl halides is 4. The fourth-order valence-corrected chi connectivity index (χ4v) is 4.29. The van der Waals surface area contributed by atoms with Gasteiger partial charge in [-0.2, -0.15) is 0 Å². The van der Waals surface area contributed by atoms with E-state index < -0.39 is 66.7 Å². The molecule has 0 bridgehead atoms. The van der Waals surface area contributed by atoms with E-state index in [-0.39, 0.29) is 0 Å². The van der Waals surface area contributed by atoms with Crippen molar-refractivity contribution in [3.8, 4) is 0 Å². The molecule has 0 rings (SSSR count). The molecule has 0 spiro atoms. The van der Waals surface area contributed by atoms with Crippen molar-refractivity contribution in [2.24, 2.45) is 5.41 Å². The highest BCUT2D eigenvalue weighted by molar-refractivity contribution is 14.1. The SMILES string of the molecule is CC(C)(I)C(=O)C(O)C(C(O)C(=O)C(C)(C)I)(C(O)C(=O)C(C)(C)I)C(O)C(=O)C(C)(C)I. The van der Waals surface area contributed by atoms with Crippen molar-refractivity contribution in [2.75, 3.05) is 0 Å². The van der Waals surface area contributed by atoms with Gasteiger partial charge in [-0.1, -0.05) is 90.4 Å². The summed E-state index contributed by atoms with van der Waals surface area (Å²) in [6.07, 6.45) is -9.73. The molecule has 4 unspecified atom stereocenters. The molecule has 0 aromatic rings. The van der Waals surface area contributed by atoms with E-state index in [9.17, 15) is 39.6 Å². The van der Waals surface area contributed by atoms with Crippen molar-refractivity contribution in [3.05, 3.63) is 0 Å². The van der Waals surface area contributed by atoms with Crippen LogP contribution in [-0.2, 0) is 19.2 Å². The molecule has 0 aliphatic heterocycles. The van der Waals surface area contributed by atoms with Crippen molar-refractivity contribution in [3.63, 3.8) is 0 Å². The van der Waals surface area contributed by atoms with Crippen molar-refractivity contribution in [1.29, 1.82) is 0 Å². The van der Waals surface area contributed by atoms with Gasteiger partial charge in [-0.3, -0.25) is 19.2 Å². The van der Waals surface area contributed by atoms with Crippen LogP contribution >= 0.6 is 90.4 Å². The number of aliphatic hydroxyl groups is 4. The van der Waals surface area contributed by atoms with Crippen LogP contribution in [0, 0.1) is 5.41 Å². The van der Waals surface area contributed by atoms with E-state index in [1.54, 1.807) is 90.4 Å². The summed E-state index contributed by atoms with van der Waals surface area (Å²) in [5.41, 5.74) is -2.95. The van der Waals surface area contributed by atoms with Crippen LogP contribution in [0.3, 0.4) is 0 Å². The molecule has 0 fully saturated rings. The van der Waals surface area contributed by atoms with Gasteiger partial charge in [0.2, 0.25) is 0 Å². The highest BCUT2D eigenvalue weighted by Gasteiger charge is 2.66. The first kappa shape index (κ1) is 34.4. The van der Waals surface area contributed by atoms with Crippen molar-refractivity contribution in [2.45, 2.75) is 93.5 Å². The first-order chi connectivity index (χ1) is 14.3. The van der Waals surface area contributed by atoms with Gasteiger partial charge in [0, 0.05) is 0 Å². The van der Waals surface area contributed by atoms with Crippen LogP contribution < -0.4 is 0 Å². The number of halogens is 4. The quantitative estimate of drug-likeness (QED) is 0.173. The molecule has 0 heterocycles. The van der Waals surface area contributed by atoms with Gasteiger partial charge < -0.3 is 20.4 Å². The second-order valence-electron chi connectivity index (χ2n) is 9.96. The molecule has 0 aliphatic carbocycles. The lowest BCUT2D eigenvalue weighted by Gasteiger charge is -2.48. The van der Waals surface area contributed by atoms with Gasteiger partial charge in [0.15, 0.2) is 23.1 Å². The molecule has 12 heteroatoms. The molecular formula is C21H32I4O8. The normalized spacial score (nSPS) is 19.2. The minimum Gasteiger partial charge on any atom is -0.384 e. The molecule has 0 aliphatic rings. The Labute approximate surface area is 249 Å². The van der Waals surface area contributed by atoms with E-state index in [2.05, 4.69) is 0 Å². The van der Waals surface area contributed by atoms with Gasteiger partial charge in [-0.25, -0.2) is 0 Å². The third-order valence-electron chi connectivity index (χ3n) is 5.23. The largest absolute Gasteiger partial charge is 0.384 e. The van der Waals surface area contributed by atoms with Crippen molar-refractivity contribution >= 4 is 113 Å². The summed E-state index contributed by atoms with van der Waals surface area (Å²) >= 11 is 6.86. The van der Waals surface area contributed by atoms with Crippen LogP contribution in [0.5, 0.6) is 0 Å². The van der Waals surface area contributed by atoms with E-state index in [4.69, 9.17) is 0 Å². The summed E-state index contributed by atoms with van der Waals surface area (Å²) in [4.78, 5) is 52.8. The Bertz CT molecular complexity index is 651. The number of carbonyl (C=O) groups is 4. The van der Waals surface area contributed by atoms with E-state index in [1.165, 1.54) is 55.4 Å². The third-order valence-corrected chi connectivity index (χ3v) is 7.36. The predicted molar refractivity (Wildman–Crippen MR) is 159 cm³/mol. The third kappa shape index (κ3) is 7.72. The second kappa shape index (κ2) is 11.4. The molecule has 0 saturated carbocycles. The molecule has 0 aromatic carbocycles. The van der Waals surface area contributed by atoms with Crippen LogP contribution in [-0.4, -0.2) is 81.7 Å². The zero-order chi connectivity index (χ0) is 27.1. The summed E-state index contributed by atoms with van der Waals surface area (Å²) in [5, 5.41) is 45.3. The van der Waals surface area contributed by atoms with E-state index in [0.29, 0.717) is 0 Å². The number of Topliss-reactive ketones (excluding diaryl/α,β-unsaturated/α-hetero) is 4. The maximum atomic E-state index is 13.2. The van der Waals surface area contributed by atoms with Gasteiger partial charge in [0.1, 0.15) is 29.8 Å². The Morgan fingerprint density at radius 2 is 0.576 bits per heavy atom. The van der Waals surface area contributed by atoms with Gasteiger partial charge in [0.05, 0.1) is 13.7 Å². The number of hydrogen-bond donors (Lipinski definition) is 4. The molecule has 0 amide bonds. The van der Waals surface area contributed by atoms with Gasteiger partial charge in [0.25, 0.3) is 0 Å². The Hall–Kier alpha value is 1.44. The predicted octanol–water partition coefficient (Wildman–Crippen LogP) is 2.55. The summed E-state index contributed by atoms with van der Waals surface area (Å²) < 4.78 is -5.18. The fourth-order valence-electron chi connectivity index (χ4n) is 3.11. The minimum absolute atomic E-state index is 0.975. The molecule has 192 valence electrons. The minimum atomic E-state index is -2.95. The number of rotatable bonds is 12. The average molecular weight is 920 g/mol. The molecule has 0 aromatic heterocycles. The Kier molecular flexibility index (Phi) is 11.9. The molecule has 0 radical (unpaired) electrons. The van der Waals surface area contributed by atoms with Crippen molar-refractivity contribution in [1.82, 2.24) is 0 Å². The first-order valence-corrected chi connectivity index (χ1v) is 14.2. The number of carbonyl (C=O) groups excluding carboxylic acids is 4. The maximum absolute atomic E-state index is 13.2. The van der Waals surface area contributed by atoms with Gasteiger partial charge in [-0.15, -0.1) is 0 Å². The van der Waals surface area contributed by atoms with Crippen LogP contribution in [0.2, 0.25) is 0 Å². The molecular weight excluding hydrogens is 888 g/mol. The van der Waals surface area contributed by atoms with Crippen LogP contribution in [0.15, 0.2) is 0 Å². The average Bonchev–Trinajstić information content (AvgIpc) is 2.61. The molecule has 4 atom stereocenters. The summed E-state index contributed by atoms with van der Waals surface area (Å²) in [7, 11) is 0. The number of ketones is 4. The Morgan fingerprint density at radius 3 is 0.667 bits per heavy atom. The zero-order valence-corrected chi connectivity index (χ0v) is 28.4. The first-order valence-electron chi connectivity index (χ1n) is 9.91.